The van der Waals surface area contributed by atoms with Crippen LogP contribution in [0.25, 0.3) is 0 Å². The van der Waals surface area contributed by atoms with Gasteiger partial charge >= 0.3 is 0 Å². The Morgan fingerprint density at radius 1 is 1.50 bits per heavy atom. The van der Waals surface area contributed by atoms with Gasteiger partial charge in [0.15, 0.2) is 0 Å². The monoisotopic (exact) mass is 165 g/mol. The fourth-order valence-electron chi connectivity index (χ4n) is 1.47. The van der Waals surface area contributed by atoms with E-state index in [2.05, 4.69) is 14.9 Å². The van der Waals surface area contributed by atoms with Gasteiger partial charge in [-0.05, 0) is 0 Å². The predicted octanol–water partition coefficient (Wildman–Crippen LogP) is -0.216. The Morgan fingerprint density at radius 3 is 3.17 bits per heavy atom. The van der Waals surface area contributed by atoms with Gasteiger partial charge in [0.1, 0.15) is 6.33 Å². The van der Waals surface area contributed by atoms with Gasteiger partial charge in [-0.15, -0.1) is 0 Å². The molecule has 0 atom stereocenters. The number of nitrogens with zero attached hydrogens (tertiary/aromatic N) is 3. The Bertz CT molecular complexity index is 252. The average Bonchev–Trinajstić information content (AvgIpc) is 2.47. The Morgan fingerprint density at radius 2 is 2.42 bits per heavy atom. The van der Waals surface area contributed by atoms with E-state index < -0.39 is 0 Å². The molecule has 0 radical (unpaired) electrons. The van der Waals surface area contributed by atoms with Gasteiger partial charge in [-0.2, -0.15) is 0 Å². The lowest BCUT2D eigenvalue weighted by Gasteiger charge is -2.10. The Labute approximate surface area is 70.9 Å². The summed E-state index contributed by atoms with van der Waals surface area (Å²) in [6.45, 7) is 2.65. The first-order valence-corrected chi connectivity index (χ1v) is 4.01. The minimum absolute atomic E-state index is 0.210. The van der Waals surface area contributed by atoms with Crippen molar-refractivity contribution in [2.75, 3.05) is 13.2 Å². The van der Waals surface area contributed by atoms with Crippen molar-refractivity contribution < 1.29 is 5.11 Å². The van der Waals surface area contributed by atoms with Crippen molar-refractivity contribution in [2.45, 2.75) is 13.1 Å². The fourth-order valence-corrected chi connectivity index (χ4v) is 1.47. The average molecular weight is 165 g/mol. The van der Waals surface area contributed by atoms with Gasteiger partial charge in [0.2, 0.25) is 0 Å². The number of β-amino-alcohol motifs (C(OH)–C–C–N with tert-alkyl or cyclic N) is 1. The van der Waals surface area contributed by atoms with Crippen LogP contribution in [0, 0.1) is 0 Å². The highest BCUT2D eigenvalue weighted by atomic mass is 16.3. The van der Waals surface area contributed by atoms with Crippen LogP contribution < -0.4 is 0 Å². The largest absolute Gasteiger partial charge is 0.395 e. The molecule has 0 aromatic carbocycles. The van der Waals surface area contributed by atoms with E-state index >= 15 is 0 Å². The van der Waals surface area contributed by atoms with Gasteiger partial charge in [0.25, 0.3) is 0 Å². The van der Waals surface area contributed by atoms with Crippen LogP contribution in [0.15, 0.2) is 12.5 Å². The van der Waals surface area contributed by atoms with Crippen LogP contribution in [0.3, 0.4) is 0 Å². The number of aromatic nitrogens is 2. The molecule has 0 spiro atoms. The van der Waals surface area contributed by atoms with Gasteiger partial charge in [-0.3, -0.25) is 4.90 Å². The second-order valence-electron chi connectivity index (χ2n) is 2.93. The number of rotatable bonds is 2. The van der Waals surface area contributed by atoms with E-state index in [-0.39, 0.29) is 6.61 Å². The summed E-state index contributed by atoms with van der Waals surface area (Å²) in [5, 5.41) is 8.73. The molecular weight excluding hydrogens is 154 g/mol. The number of aliphatic hydroxyl groups is 1. The first kappa shape index (κ1) is 7.64. The molecular formula is C8H11N3O. The summed E-state index contributed by atoms with van der Waals surface area (Å²) >= 11 is 0. The van der Waals surface area contributed by atoms with Crippen molar-refractivity contribution in [3.05, 3.63) is 23.8 Å². The SMILES string of the molecule is OCCN1Cc2cncnc2C1. The highest BCUT2D eigenvalue weighted by Gasteiger charge is 2.18. The molecule has 1 aromatic heterocycles. The van der Waals surface area contributed by atoms with Crippen LogP contribution >= 0.6 is 0 Å². The molecule has 12 heavy (non-hydrogen) atoms. The maximum Gasteiger partial charge on any atom is 0.115 e. The van der Waals surface area contributed by atoms with Gasteiger partial charge in [-0.25, -0.2) is 9.97 Å². The summed E-state index contributed by atoms with van der Waals surface area (Å²) < 4.78 is 0. The van der Waals surface area contributed by atoms with E-state index in [1.165, 1.54) is 5.56 Å². The van der Waals surface area contributed by atoms with Crippen LogP contribution in [-0.2, 0) is 13.1 Å². The lowest BCUT2D eigenvalue weighted by molar-refractivity contribution is 0.197. The number of fused-ring (bicyclic) bond motifs is 1. The smallest absolute Gasteiger partial charge is 0.115 e. The molecule has 2 heterocycles. The molecule has 1 aliphatic rings. The van der Waals surface area contributed by atoms with E-state index in [9.17, 15) is 0 Å². The lowest BCUT2D eigenvalue weighted by atomic mass is 10.3. The van der Waals surface area contributed by atoms with E-state index in [1.54, 1.807) is 6.33 Å². The third-order valence-corrected chi connectivity index (χ3v) is 2.06. The Hall–Kier alpha value is -1.00. The van der Waals surface area contributed by atoms with Crippen molar-refractivity contribution in [1.29, 1.82) is 0 Å². The fraction of sp³-hybridized carbons (Fsp3) is 0.500. The molecule has 0 saturated carbocycles. The third kappa shape index (κ3) is 1.31. The molecule has 1 aromatic rings. The van der Waals surface area contributed by atoms with E-state index in [0.717, 1.165) is 25.3 Å². The molecule has 64 valence electrons. The number of hydrogen-bond donors (Lipinski definition) is 1. The van der Waals surface area contributed by atoms with Crippen LogP contribution in [0.2, 0.25) is 0 Å². The molecule has 0 saturated heterocycles. The molecule has 0 bridgehead atoms. The summed E-state index contributed by atoms with van der Waals surface area (Å²) in [6, 6.07) is 0. The first-order valence-electron chi connectivity index (χ1n) is 4.01. The molecule has 0 fully saturated rings. The Balaban J connectivity index is 2.11. The zero-order chi connectivity index (χ0) is 8.39. The highest BCUT2D eigenvalue weighted by molar-refractivity contribution is 5.19. The molecule has 0 amide bonds. The third-order valence-electron chi connectivity index (χ3n) is 2.06. The second-order valence-corrected chi connectivity index (χ2v) is 2.93. The first-order chi connectivity index (χ1) is 5.90. The van der Waals surface area contributed by atoms with Crippen LogP contribution in [-0.4, -0.2) is 33.1 Å². The second kappa shape index (κ2) is 3.16. The van der Waals surface area contributed by atoms with Crippen molar-refractivity contribution in [2.24, 2.45) is 0 Å². The predicted molar refractivity (Wildman–Crippen MR) is 43.2 cm³/mol. The summed E-state index contributed by atoms with van der Waals surface area (Å²) in [4.78, 5) is 10.3. The number of aliphatic hydroxyl groups excluding tert-OH is 1. The molecule has 1 aliphatic heterocycles. The highest BCUT2D eigenvalue weighted by Crippen LogP contribution is 2.17. The summed E-state index contributed by atoms with van der Waals surface area (Å²) in [5.74, 6) is 0. The Kier molecular flexibility index (Phi) is 2.01. The zero-order valence-electron chi connectivity index (χ0n) is 6.77. The van der Waals surface area contributed by atoms with E-state index in [1.807, 2.05) is 6.20 Å². The molecule has 4 heteroatoms. The minimum atomic E-state index is 0.210. The van der Waals surface area contributed by atoms with Crippen molar-refractivity contribution in [3.8, 4) is 0 Å². The summed E-state index contributed by atoms with van der Waals surface area (Å²) in [5.41, 5.74) is 2.28. The molecule has 2 rings (SSSR count). The molecule has 0 aliphatic carbocycles. The maximum atomic E-state index is 8.73. The quantitative estimate of drug-likeness (QED) is 0.658. The molecule has 4 nitrogen and oxygen atoms in total. The lowest BCUT2D eigenvalue weighted by Crippen LogP contribution is -2.20. The van der Waals surface area contributed by atoms with Gasteiger partial charge in [0.05, 0.1) is 12.3 Å². The number of hydrogen-bond acceptors (Lipinski definition) is 4. The van der Waals surface area contributed by atoms with Crippen LogP contribution in [0.4, 0.5) is 0 Å². The van der Waals surface area contributed by atoms with Crippen molar-refractivity contribution >= 4 is 0 Å². The maximum absolute atomic E-state index is 8.73. The van der Waals surface area contributed by atoms with Crippen molar-refractivity contribution in [3.63, 3.8) is 0 Å². The minimum Gasteiger partial charge on any atom is -0.395 e. The molecule has 0 unspecified atom stereocenters. The van der Waals surface area contributed by atoms with E-state index in [4.69, 9.17) is 5.11 Å². The van der Waals surface area contributed by atoms with Crippen LogP contribution in [0.5, 0.6) is 0 Å². The standard InChI is InChI=1S/C8H11N3O/c12-2-1-11-4-7-3-9-6-10-8(7)5-11/h3,6,12H,1-2,4-5H2. The van der Waals surface area contributed by atoms with Gasteiger partial charge < -0.3 is 5.11 Å². The summed E-state index contributed by atoms with van der Waals surface area (Å²) in [6.07, 6.45) is 3.42. The normalized spacial score (nSPS) is 16.4. The topological polar surface area (TPSA) is 49.2 Å². The van der Waals surface area contributed by atoms with Crippen molar-refractivity contribution in [1.82, 2.24) is 14.9 Å². The zero-order valence-corrected chi connectivity index (χ0v) is 6.77. The molecule has 1 N–H and O–H groups in total. The van der Waals surface area contributed by atoms with Gasteiger partial charge in [0, 0.05) is 31.4 Å². The van der Waals surface area contributed by atoms with Gasteiger partial charge in [-0.1, -0.05) is 0 Å². The van der Waals surface area contributed by atoms with Crippen LogP contribution in [0.1, 0.15) is 11.3 Å². The summed E-state index contributed by atoms with van der Waals surface area (Å²) in [7, 11) is 0. The van der Waals surface area contributed by atoms with E-state index in [0.29, 0.717) is 0 Å².